The lowest BCUT2D eigenvalue weighted by atomic mass is 10.0. The second kappa shape index (κ2) is 7.17. The van der Waals surface area contributed by atoms with Crippen LogP contribution in [0.3, 0.4) is 0 Å². The number of halogens is 4. The van der Waals surface area contributed by atoms with Crippen molar-refractivity contribution in [2.75, 3.05) is 0 Å². The lowest BCUT2D eigenvalue weighted by Gasteiger charge is -2.10. The van der Waals surface area contributed by atoms with Crippen LogP contribution in [0.5, 0.6) is 11.6 Å². The van der Waals surface area contributed by atoms with Gasteiger partial charge < -0.3 is 4.74 Å². The van der Waals surface area contributed by atoms with Gasteiger partial charge >= 0.3 is 6.18 Å². The Kier molecular flexibility index (Phi) is 4.95. The molecule has 0 aliphatic rings. The molecule has 26 heavy (non-hydrogen) atoms. The summed E-state index contributed by atoms with van der Waals surface area (Å²) in [6.45, 7) is 0. The Morgan fingerprint density at radius 3 is 2.15 bits per heavy atom. The first kappa shape index (κ1) is 17.9. The van der Waals surface area contributed by atoms with Crippen molar-refractivity contribution in [2.45, 2.75) is 6.18 Å². The first-order valence-corrected chi connectivity index (χ1v) is 7.83. The summed E-state index contributed by atoms with van der Waals surface area (Å²) >= 11 is 5.81. The predicted molar refractivity (Wildman–Crippen MR) is 90.6 cm³/mol. The molecular formula is C19H11ClF3NO2. The molecule has 1 aromatic heterocycles. The number of carbonyl (C=O) groups excluding carboxylic acids is 1. The smallest absolute Gasteiger partial charge is 0.417 e. The molecule has 0 unspecified atom stereocenters. The van der Waals surface area contributed by atoms with Gasteiger partial charge in [-0.3, -0.25) is 4.79 Å². The Hall–Kier alpha value is -2.86. The van der Waals surface area contributed by atoms with Gasteiger partial charge in [-0.15, -0.1) is 0 Å². The van der Waals surface area contributed by atoms with E-state index in [1.807, 2.05) is 6.07 Å². The largest absolute Gasteiger partial charge is 0.438 e. The molecule has 0 amide bonds. The summed E-state index contributed by atoms with van der Waals surface area (Å²) in [5, 5.41) is -0.260. The highest BCUT2D eigenvalue weighted by Gasteiger charge is 2.31. The second-order valence-corrected chi connectivity index (χ2v) is 5.74. The maximum absolute atomic E-state index is 12.6. The van der Waals surface area contributed by atoms with E-state index < -0.39 is 11.7 Å². The molecule has 2 aromatic carbocycles. The quantitative estimate of drug-likeness (QED) is 0.541. The van der Waals surface area contributed by atoms with E-state index in [0.717, 1.165) is 6.07 Å². The summed E-state index contributed by atoms with van der Waals surface area (Å²) in [5.74, 6) is -0.00610. The van der Waals surface area contributed by atoms with Crippen molar-refractivity contribution in [3.8, 4) is 11.6 Å². The number of ether oxygens (including phenoxy) is 1. The van der Waals surface area contributed by atoms with Crippen LogP contribution in [0.2, 0.25) is 5.02 Å². The van der Waals surface area contributed by atoms with Gasteiger partial charge in [0.05, 0.1) is 5.56 Å². The van der Waals surface area contributed by atoms with Crippen LogP contribution < -0.4 is 4.74 Å². The standard InChI is InChI=1S/C19H11ClF3NO2/c20-16-10-14(19(21,22)23)11-24-18(16)26-15-8-6-13(7-9-15)17(25)12-4-2-1-3-5-12/h1-11H. The highest BCUT2D eigenvalue weighted by Crippen LogP contribution is 2.34. The van der Waals surface area contributed by atoms with Crippen LogP contribution in [0, 0.1) is 0 Å². The molecule has 0 bridgehead atoms. The molecule has 0 aliphatic heterocycles. The summed E-state index contributed by atoms with van der Waals surface area (Å²) in [6, 6.07) is 15.7. The van der Waals surface area contributed by atoms with E-state index in [0.29, 0.717) is 23.1 Å². The molecule has 0 N–H and O–H groups in total. The number of benzene rings is 2. The summed E-state index contributed by atoms with van der Waals surface area (Å²) in [7, 11) is 0. The molecule has 7 heteroatoms. The predicted octanol–water partition coefficient (Wildman–Crippen LogP) is 5.78. The van der Waals surface area contributed by atoms with Crippen LogP contribution in [0.1, 0.15) is 21.5 Å². The lowest BCUT2D eigenvalue weighted by Crippen LogP contribution is -2.05. The van der Waals surface area contributed by atoms with Crippen molar-refractivity contribution in [1.29, 1.82) is 0 Å². The van der Waals surface area contributed by atoms with Crippen LogP contribution in [0.15, 0.2) is 66.9 Å². The second-order valence-electron chi connectivity index (χ2n) is 5.33. The molecule has 0 fully saturated rings. The molecule has 1 heterocycles. The van der Waals surface area contributed by atoms with Crippen molar-refractivity contribution < 1.29 is 22.7 Å². The van der Waals surface area contributed by atoms with Crippen LogP contribution in [-0.4, -0.2) is 10.8 Å². The van der Waals surface area contributed by atoms with Gasteiger partial charge in [0, 0.05) is 17.3 Å². The number of ketones is 1. The van der Waals surface area contributed by atoms with E-state index in [2.05, 4.69) is 4.98 Å². The lowest BCUT2D eigenvalue weighted by molar-refractivity contribution is -0.137. The minimum absolute atomic E-state index is 0.150. The number of pyridine rings is 1. The Balaban J connectivity index is 1.77. The number of hydrogen-bond donors (Lipinski definition) is 0. The van der Waals surface area contributed by atoms with Crippen LogP contribution >= 0.6 is 11.6 Å². The van der Waals surface area contributed by atoms with Crippen LogP contribution in [0.4, 0.5) is 13.2 Å². The van der Waals surface area contributed by atoms with E-state index in [1.165, 1.54) is 12.1 Å². The Labute approximate surface area is 152 Å². The summed E-state index contributed by atoms with van der Waals surface area (Å²) in [4.78, 5) is 15.9. The van der Waals surface area contributed by atoms with Crippen molar-refractivity contribution >= 4 is 17.4 Å². The Morgan fingerprint density at radius 2 is 1.58 bits per heavy atom. The SMILES string of the molecule is O=C(c1ccccc1)c1ccc(Oc2ncc(C(F)(F)F)cc2Cl)cc1. The molecule has 3 nitrogen and oxygen atoms in total. The van der Waals surface area contributed by atoms with E-state index in [1.54, 1.807) is 36.4 Å². The van der Waals surface area contributed by atoms with Crippen molar-refractivity contribution in [3.63, 3.8) is 0 Å². The molecule has 0 spiro atoms. The molecule has 0 saturated carbocycles. The molecule has 0 radical (unpaired) electrons. The van der Waals surface area contributed by atoms with E-state index in [-0.39, 0.29) is 16.7 Å². The minimum Gasteiger partial charge on any atom is -0.438 e. The fraction of sp³-hybridized carbons (Fsp3) is 0.0526. The first-order chi connectivity index (χ1) is 12.3. The number of alkyl halides is 3. The Bertz CT molecular complexity index is 926. The fourth-order valence-electron chi connectivity index (χ4n) is 2.20. The van der Waals surface area contributed by atoms with Gasteiger partial charge in [0.25, 0.3) is 0 Å². The maximum Gasteiger partial charge on any atom is 0.417 e. The van der Waals surface area contributed by atoms with Gasteiger partial charge in [-0.25, -0.2) is 4.98 Å². The zero-order valence-corrected chi connectivity index (χ0v) is 13.9. The average Bonchev–Trinajstić information content (AvgIpc) is 2.63. The van der Waals surface area contributed by atoms with Crippen molar-refractivity contribution in [1.82, 2.24) is 4.98 Å². The molecule has 0 aliphatic carbocycles. The third-order valence-electron chi connectivity index (χ3n) is 3.50. The summed E-state index contributed by atoms with van der Waals surface area (Å²) < 4.78 is 43.2. The van der Waals surface area contributed by atoms with Gasteiger partial charge in [-0.2, -0.15) is 13.2 Å². The fourth-order valence-corrected chi connectivity index (χ4v) is 2.40. The number of nitrogens with zero attached hydrogens (tertiary/aromatic N) is 1. The maximum atomic E-state index is 12.6. The van der Waals surface area contributed by atoms with Gasteiger partial charge in [0.15, 0.2) is 5.78 Å². The van der Waals surface area contributed by atoms with Gasteiger partial charge in [-0.05, 0) is 30.3 Å². The number of hydrogen-bond acceptors (Lipinski definition) is 3. The zero-order valence-electron chi connectivity index (χ0n) is 13.1. The third kappa shape index (κ3) is 4.03. The van der Waals surface area contributed by atoms with Crippen LogP contribution in [0.25, 0.3) is 0 Å². The first-order valence-electron chi connectivity index (χ1n) is 7.45. The third-order valence-corrected chi connectivity index (χ3v) is 3.77. The molecule has 3 rings (SSSR count). The van der Waals surface area contributed by atoms with Gasteiger partial charge in [0.1, 0.15) is 10.8 Å². The minimum atomic E-state index is -4.53. The van der Waals surface area contributed by atoms with Gasteiger partial charge in [0.2, 0.25) is 5.88 Å². The average molecular weight is 378 g/mol. The normalized spacial score (nSPS) is 11.2. The number of carbonyl (C=O) groups is 1. The van der Waals surface area contributed by atoms with Crippen molar-refractivity contribution in [2.24, 2.45) is 0 Å². The summed E-state index contributed by atoms with van der Waals surface area (Å²) in [5.41, 5.74) is 0.0438. The highest BCUT2D eigenvalue weighted by atomic mass is 35.5. The molecule has 0 saturated heterocycles. The molecule has 3 aromatic rings. The zero-order chi connectivity index (χ0) is 18.7. The van der Waals surface area contributed by atoms with Crippen molar-refractivity contribution in [3.05, 3.63) is 88.6 Å². The van der Waals surface area contributed by atoms with E-state index in [9.17, 15) is 18.0 Å². The van der Waals surface area contributed by atoms with Gasteiger partial charge in [-0.1, -0.05) is 41.9 Å². The van der Waals surface area contributed by atoms with E-state index >= 15 is 0 Å². The molecule has 132 valence electrons. The number of aromatic nitrogens is 1. The Morgan fingerprint density at radius 1 is 0.962 bits per heavy atom. The monoisotopic (exact) mass is 377 g/mol. The number of rotatable bonds is 4. The highest BCUT2D eigenvalue weighted by molar-refractivity contribution is 6.31. The topological polar surface area (TPSA) is 39.2 Å². The van der Waals surface area contributed by atoms with E-state index in [4.69, 9.17) is 16.3 Å². The molecular weight excluding hydrogens is 367 g/mol. The summed E-state index contributed by atoms with van der Waals surface area (Å²) in [6.07, 6.45) is -3.89. The van der Waals surface area contributed by atoms with Crippen LogP contribution in [-0.2, 0) is 6.18 Å². The molecule has 0 atom stereocenters.